The number of benzene rings is 1. The van der Waals surface area contributed by atoms with Crippen LogP contribution in [0.5, 0.6) is 5.75 Å². The monoisotopic (exact) mass is 293 g/mol. The maximum absolute atomic E-state index is 12.3. The van der Waals surface area contributed by atoms with Crippen molar-refractivity contribution >= 4 is 17.4 Å². The minimum Gasteiger partial charge on any atom is -0.495 e. The van der Waals surface area contributed by atoms with Gasteiger partial charge in [0.1, 0.15) is 5.75 Å². The van der Waals surface area contributed by atoms with E-state index in [9.17, 15) is 4.79 Å². The summed E-state index contributed by atoms with van der Waals surface area (Å²) in [6.07, 6.45) is 0.738. The van der Waals surface area contributed by atoms with Gasteiger partial charge in [0, 0.05) is 5.56 Å². The molecule has 7 nitrogen and oxygen atoms in total. The summed E-state index contributed by atoms with van der Waals surface area (Å²) >= 11 is 0. The van der Waals surface area contributed by atoms with Crippen LogP contribution in [0, 0.1) is 5.92 Å². The maximum Gasteiger partial charge on any atom is 0.230 e. The van der Waals surface area contributed by atoms with Gasteiger partial charge in [0.05, 0.1) is 31.4 Å². The molecule has 1 aliphatic heterocycles. The van der Waals surface area contributed by atoms with E-state index in [1.54, 1.807) is 18.2 Å². The summed E-state index contributed by atoms with van der Waals surface area (Å²) in [5.41, 5.74) is 6.43. The third kappa shape index (κ3) is 3.25. The van der Waals surface area contributed by atoms with Crippen LogP contribution >= 0.6 is 0 Å². The van der Waals surface area contributed by atoms with Crippen LogP contribution in [0.4, 0.5) is 5.69 Å². The van der Waals surface area contributed by atoms with E-state index in [0.29, 0.717) is 30.0 Å². The zero-order chi connectivity index (χ0) is 15.4. The second-order valence-corrected chi connectivity index (χ2v) is 4.93. The Labute approximate surface area is 122 Å². The predicted molar refractivity (Wildman–Crippen MR) is 77.7 cm³/mol. The third-order valence-electron chi connectivity index (χ3n) is 3.45. The van der Waals surface area contributed by atoms with Crippen molar-refractivity contribution in [3.63, 3.8) is 0 Å². The van der Waals surface area contributed by atoms with Gasteiger partial charge < -0.3 is 25.7 Å². The second kappa shape index (κ2) is 6.45. The van der Waals surface area contributed by atoms with Gasteiger partial charge >= 0.3 is 0 Å². The molecular weight excluding hydrogens is 274 g/mol. The quantitative estimate of drug-likeness (QED) is 0.334. The van der Waals surface area contributed by atoms with Crippen LogP contribution in [0.15, 0.2) is 23.4 Å². The molecule has 0 spiro atoms. The summed E-state index contributed by atoms with van der Waals surface area (Å²) in [6.45, 7) is 2.32. The molecule has 2 unspecified atom stereocenters. The first-order valence-electron chi connectivity index (χ1n) is 6.64. The molecular formula is C14H19N3O4. The lowest BCUT2D eigenvalue weighted by atomic mass is 10.0. The minimum absolute atomic E-state index is 0.0713. The Balaban J connectivity index is 2.27. The molecule has 0 aliphatic carbocycles. The number of methoxy groups -OCH3 is 1. The molecule has 1 fully saturated rings. The van der Waals surface area contributed by atoms with E-state index in [4.69, 9.17) is 20.4 Å². The number of rotatable bonds is 4. The number of hydrogen-bond acceptors (Lipinski definition) is 5. The Morgan fingerprint density at radius 3 is 2.90 bits per heavy atom. The summed E-state index contributed by atoms with van der Waals surface area (Å²) in [6, 6.07) is 5.03. The minimum atomic E-state index is -0.218. The van der Waals surface area contributed by atoms with Crippen LogP contribution in [-0.4, -0.2) is 36.8 Å². The fourth-order valence-corrected chi connectivity index (χ4v) is 2.32. The van der Waals surface area contributed by atoms with E-state index < -0.39 is 0 Å². The normalized spacial score (nSPS) is 22.1. The zero-order valence-corrected chi connectivity index (χ0v) is 12.0. The molecule has 114 valence electrons. The largest absolute Gasteiger partial charge is 0.495 e. The SMILES string of the molecule is COc1cccc(/C(N)=N/O)c1NC(=O)C1COC(C)C1. The van der Waals surface area contributed by atoms with E-state index >= 15 is 0 Å². The molecule has 1 aromatic rings. The van der Waals surface area contributed by atoms with Gasteiger partial charge in [-0.3, -0.25) is 4.79 Å². The van der Waals surface area contributed by atoms with E-state index in [0.717, 1.165) is 0 Å². The number of hydrogen-bond donors (Lipinski definition) is 3. The molecule has 1 amide bonds. The van der Waals surface area contributed by atoms with Crippen molar-refractivity contribution in [2.24, 2.45) is 16.8 Å². The smallest absolute Gasteiger partial charge is 0.230 e. The third-order valence-corrected chi connectivity index (χ3v) is 3.45. The van der Waals surface area contributed by atoms with Crippen molar-refractivity contribution in [1.29, 1.82) is 0 Å². The van der Waals surface area contributed by atoms with Crippen LogP contribution in [0.1, 0.15) is 18.9 Å². The summed E-state index contributed by atoms with van der Waals surface area (Å²) < 4.78 is 10.6. The van der Waals surface area contributed by atoms with Crippen molar-refractivity contribution in [2.75, 3.05) is 19.0 Å². The highest BCUT2D eigenvalue weighted by molar-refractivity contribution is 6.07. The van der Waals surface area contributed by atoms with Crippen LogP contribution in [0.2, 0.25) is 0 Å². The Kier molecular flexibility index (Phi) is 4.64. The number of carbonyl (C=O) groups excluding carboxylic acids is 1. The van der Waals surface area contributed by atoms with E-state index in [1.807, 2.05) is 6.92 Å². The Morgan fingerprint density at radius 2 is 2.33 bits per heavy atom. The molecule has 1 saturated heterocycles. The number of nitrogens with one attached hydrogen (secondary N) is 1. The highest BCUT2D eigenvalue weighted by Crippen LogP contribution is 2.30. The number of anilines is 1. The van der Waals surface area contributed by atoms with Crippen LogP contribution < -0.4 is 15.8 Å². The van der Waals surface area contributed by atoms with Crippen molar-refractivity contribution < 1.29 is 19.5 Å². The topological polar surface area (TPSA) is 106 Å². The van der Waals surface area contributed by atoms with Gasteiger partial charge in [0.25, 0.3) is 0 Å². The number of ether oxygens (including phenoxy) is 2. The van der Waals surface area contributed by atoms with Gasteiger partial charge in [-0.1, -0.05) is 11.2 Å². The highest BCUT2D eigenvalue weighted by atomic mass is 16.5. The molecule has 0 radical (unpaired) electrons. The van der Waals surface area contributed by atoms with Gasteiger partial charge in [-0.05, 0) is 25.5 Å². The van der Waals surface area contributed by atoms with Crippen LogP contribution in [0.3, 0.4) is 0 Å². The molecule has 21 heavy (non-hydrogen) atoms. The Hall–Kier alpha value is -2.28. The molecule has 1 heterocycles. The molecule has 0 bridgehead atoms. The fraction of sp³-hybridized carbons (Fsp3) is 0.429. The second-order valence-electron chi connectivity index (χ2n) is 4.93. The van der Waals surface area contributed by atoms with Crippen molar-refractivity contribution in [2.45, 2.75) is 19.4 Å². The van der Waals surface area contributed by atoms with E-state index in [1.165, 1.54) is 7.11 Å². The predicted octanol–water partition coefficient (Wildman–Crippen LogP) is 1.15. The number of amides is 1. The summed E-state index contributed by atoms with van der Waals surface area (Å²) in [5.74, 6) is -0.0412. The lowest BCUT2D eigenvalue weighted by Crippen LogP contribution is -2.25. The van der Waals surface area contributed by atoms with Crippen LogP contribution in [-0.2, 0) is 9.53 Å². The molecule has 2 rings (SSSR count). The standard InChI is InChI=1S/C14H19N3O4/c1-8-6-9(7-21-8)14(18)16-12-10(13(15)17-19)4-3-5-11(12)20-2/h3-5,8-9,19H,6-7H2,1-2H3,(H2,15,17)(H,16,18). The Morgan fingerprint density at radius 1 is 1.57 bits per heavy atom. The highest BCUT2D eigenvalue weighted by Gasteiger charge is 2.29. The van der Waals surface area contributed by atoms with Gasteiger partial charge in [0.15, 0.2) is 5.84 Å². The number of oxime groups is 1. The maximum atomic E-state index is 12.3. The average molecular weight is 293 g/mol. The number of amidine groups is 1. The summed E-state index contributed by atoms with van der Waals surface area (Å²) in [7, 11) is 1.49. The molecule has 0 saturated carbocycles. The average Bonchev–Trinajstić information content (AvgIpc) is 2.93. The van der Waals surface area contributed by atoms with Crippen molar-refractivity contribution in [3.05, 3.63) is 23.8 Å². The zero-order valence-electron chi connectivity index (χ0n) is 12.0. The Bertz CT molecular complexity index is 559. The lowest BCUT2D eigenvalue weighted by molar-refractivity contribution is -0.119. The molecule has 1 aliphatic rings. The number of para-hydroxylation sites is 1. The van der Waals surface area contributed by atoms with Gasteiger partial charge in [-0.15, -0.1) is 0 Å². The number of carbonyl (C=O) groups is 1. The molecule has 0 aromatic heterocycles. The summed E-state index contributed by atoms with van der Waals surface area (Å²) in [4.78, 5) is 12.3. The van der Waals surface area contributed by atoms with Gasteiger partial charge in [-0.25, -0.2) is 0 Å². The van der Waals surface area contributed by atoms with Crippen molar-refractivity contribution in [1.82, 2.24) is 0 Å². The van der Waals surface area contributed by atoms with Crippen molar-refractivity contribution in [3.8, 4) is 5.75 Å². The first kappa shape index (κ1) is 15.1. The molecule has 2 atom stereocenters. The number of nitrogens with two attached hydrogens (primary N) is 1. The van der Waals surface area contributed by atoms with E-state index in [-0.39, 0.29) is 23.8 Å². The molecule has 4 N–H and O–H groups in total. The molecule has 1 aromatic carbocycles. The first-order chi connectivity index (χ1) is 10.1. The summed E-state index contributed by atoms with van der Waals surface area (Å²) in [5, 5.41) is 14.6. The van der Waals surface area contributed by atoms with E-state index in [2.05, 4.69) is 10.5 Å². The fourth-order valence-electron chi connectivity index (χ4n) is 2.32. The van der Waals surface area contributed by atoms with Crippen LogP contribution in [0.25, 0.3) is 0 Å². The lowest BCUT2D eigenvalue weighted by Gasteiger charge is -2.16. The molecule has 7 heteroatoms. The first-order valence-corrected chi connectivity index (χ1v) is 6.64. The number of nitrogens with zero attached hydrogens (tertiary/aromatic N) is 1. The van der Waals surface area contributed by atoms with Gasteiger partial charge in [0.2, 0.25) is 5.91 Å². The van der Waals surface area contributed by atoms with Gasteiger partial charge in [-0.2, -0.15) is 0 Å².